The zero-order chi connectivity index (χ0) is 9.90. The summed E-state index contributed by atoms with van der Waals surface area (Å²) in [4.78, 5) is 0. The van der Waals surface area contributed by atoms with E-state index in [0.29, 0.717) is 5.92 Å². The molecule has 0 bridgehead atoms. The quantitative estimate of drug-likeness (QED) is 0.704. The van der Waals surface area contributed by atoms with Crippen LogP contribution in [-0.2, 0) is 0 Å². The van der Waals surface area contributed by atoms with Crippen LogP contribution in [0.25, 0.3) is 0 Å². The monoisotopic (exact) mass is 186 g/mol. The largest absolute Gasteiger partial charge is 0.396 e. The Morgan fingerprint density at radius 3 is 2.15 bits per heavy atom. The van der Waals surface area contributed by atoms with Crippen LogP contribution in [0.2, 0.25) is 0 Å². The minimum absolute atomic E-state index is 0.154. The molecule has 0 aromatic heterocycles. The summed E-state index contributed by atoms with van der Waals surface area (Å²) < 4.78 is 0. The maximum Gasteiger partial charge on any atom is 0.0620 e. The van der Waals surface area contributed by atoms with Gasteiger partial charge in [-0.2, -0.15) is 0 Å². The zero-order valence-corrected chi connectivity index (χ0v) is 8.79. The van der Waals surface area contributed by atoms with Gasteiger partial charge in [-0.1, -0.05) is 26.7 Å². The van der Waals surface area contributed by atoms with Crippen molar-refractivity contribution < 1.29 is 10.2 Å². The molecule has 2 N–H and O–H groups in total. The van der Waals surface area contributed by atoms with E-state index in [2.05, 4.69) is 13.8 Å². The van der Waals surface area contributed by atoms with Gasteiger partial charge < -0.3 is 10.2 Å². The number of aliphatic hydroxyl groups excluding tert-OH is 2. The van der Waals surface area contributed by atoms with Gasteiger partial charge in [-0.3, -0.25) is 0 Å². The number of rotatable bonds is 4. The van der Waals surface area contributed by atoms with Gasteiger partial charge in [-0.15, -0.1) is 0 Å². The Kier molecular flexibility index (Phi) is 3.74. The van der Waals surface area contributed by atoms with Crippen LogP contribution < -0.4 is 0 Å². The Balaban J connectivity index is 2.54. The summed E-state index contributed by atoms with van der Waals surface area (Å²) in [5.74, 6) is 0.513. The molecular formula is C11H22O2. The summed E-state index contributed by atoms with van der Waals surface area (Å²) in [6.45, 7) is 4.38. The molecule has 0 radical (unpaired) electrons. The lowest BCUT2D eigenvalue weighted by Crippen LogP contribution is -2.36. The van der Waals surface area contributed by atoms with Crippen molar-refractivity contribution in [3.8, 4) is 0 Å². The molecule has 0 aromatic rings. The Morgan fingerprint density at radius 2 is 1.77 bits per heavy atom. The minimum Gasteiger partial charge on any atom is -0.396 e. The van der Waals surface area contributed by atoms with Gasteiger partial charge in [0.1, 0.15) is 0 Å². The van der Waals surface area contributed by atoms with E-state index in [1.165, 1.54) is 0 Å². The van der Waals surface area contributed by atoms with Crippen LogP contribution in [0.5, 0.6) is 0 Å². The van der Waals surface area contributed by atoms with Crippen LogP contribution in [0.3, 0.4) is 0 Å². The molecule has 0 saturated heterocycles. The lowest BCUT2D eigenvalue weighted by atomic mass is 9.78. The number of aliphatic hydroxyl groups is 2. The van der Waals surface area contributed by atoms with E-state index in [4.69, 9.17) is 0 Å². The maximum atomic E-state index is 10.0. The van der Waals surface area contributed by atoms with Crippen molar-refractivity contribution in [1.82, 2.24) is 0 Å². The first-order chi connectivity index (χ1) is 6.10. The van der Waals surface area contributed by atoms with E-state index in [9.17, 15) is 10.2 Å². The van der Waals surface area contributed by atoms with Crippen LogP contribution in [0.4, 0.5) is 0 Å². The third-order valence-corrected chi connectivity index (χ3v) is 3.32. The molecule has 0 amide bonds. The van der Waals surface area contributed by atoms with Gasteiger partial charge in [0, 0.05) is 5.41 Å². The predicted molar refractivity (Wildman–Crippen MR) is 53.4 cm³/mol. The lowest BCUT2D eigenvalue weighted by molar-refractivity contribution is -0.0243. The average molecular weight is 186 g/mol. The van der Waals surface area contributed by atoms with Crippen molar-refractivity contribution in [1.29, 1.82) is 0 Å². The highest BCUT2D eigenvalue weighted by Crippen LogP contribution is 2.42. The fraction of sp³-hybridized carbons (Fsp3) is 1.00. The molecule has 13 heavy (non-hydrogen) atoms. The maximum absolute atomic E-state index is 10.0. The van der Waals surface area contributed by atoms with E-state index in [-0.39, 0.29) is 18.1 Å². The molecule has 0 aliphatic heterocycles. The van der Waals surface area contributed by atoms with Crippen molar-refractivity contribution in [2.45, 2.75) is 52.1 Å². The first-order valence-corrected chi connectivity index (χ1v) is 5.39. The topological polar surface area (TPSA) is 40.5 Å². The smallest absolute Gasteiger partial charge is 0.0620 e. The minimum atomic E-state index is -0.306. The van der Waals surface area contributed by atoms with Crippen molar-refractivity contribution >= 4 is 0 Å². The fourth-order valence-corrected chi connectivity index (χ4v) is 2.37. The average Bonchev–Trinajstić information content (AvgIpc) is 2.51. The third kappa shape index (κ3) is 2.44. The van der Waals surface area contributed by atoms with Gasteiger partial charge in [-0.05, 0) is 25.2 Å². The molecule has 1 fully saturated rings. The summed E-state index contributed by atoms with van der Waals surface area (Å²) in [7, 11) is 0. The summed E-state index contributed by atoms with van der Waals surface area (Å²) in [6, 6.07) is 0. The molecule has 2 heteroatoms. The van der Waals surface area contributed by atoms with Crippen molar-refractivity contribution in [2.24, 2.45) is 11.3 Å². The lowest BCUT2D eigenvalue weighted by Gasteiger charge is -2.33. The molecule has 0 heterocycles. The second-order valence-corrected chi connectivity index (χ2v) is 4.87. The second-order valence-electron chi connectivity index (χ2n) is 4.87. The molecule has 78 valence electrons. The van der Waals surface area contributed by atoms with E-state index in [1.54, 1.807) is 0 Å². The predicted octanol–water partition coefficient (Wildman–Crippen LogP) is 1.95. The van der Waals surface area contributed by atoms with Crippen molar-refractivity contribution in [3.05, 3.63) is 0 Å². The third-order valence-electron chi connectivity index (χ3n) is 3.32. The Morgan fingerprint density at radius 1 is 1.23 bits per heavy atom. The highest BCUT2D eigenvalue weighted by Gasteiger charge is 2.39. The molecule has 0 spiro atoms. The molecular weight excluding hydrogens is 164 g/mol. The van der Waals surface area contributed by atoms with Crippen molar-refractivity contribution in [3.63, 3.8) is 0 Å². The Bertz CT molecular complexity index is 148. The first kappa shape index (κ1) is 11.0. The van der Waals surface area contributed by atoms with E-state index >= 15 is 0 Å². The molecule has 0 unspecified atom stereocenters. The van der Waals surface area contributed by atoms with Crippen LogP contribution in [0.1, 0.15) is 46.0 Å². The Labute approximate surface area is 81.0 Å². The number of hydrogen-bond acceptors (Lipinski definition) is 2. The second kappa shape index (κ2) is 4.43. The van der Waals surface area contributed by atoms with Crippen LogP contribution in [-0.4, -0.2) is 22.9 Å². The Hall–Kier alpha value is -0.0800. The van der Waals surface area contributed by atoms with Crippen LogP contribution in [0, 0.1) is 11.3 Å². The van der Waals surface area contributed by atoms with Gasteiger partial charge in [0.05, 0.1) is 12.7 Å². The highest BCUT2D eigenvalue weighted by atomic mass is 16.3. The normalized spacial score (nSPS) is 23.8. The molecule has 1 aliphatic carbocycles. The molecule has 1 saturated carbocycles. The van der Waals surface area contributed by atoms with E-state index < -0.39 is 0 Å². The first-order valence-electron chi connectivity index (χ1n) is 5.39. The number of hydrogen-bond donors (Lipinski definition) is 2. The summed E-state index contributed by atoms with van der Waals surface area (Å²) in [5, 5.41) is 19.3. The molecule has 0 aromatic carbocycles. The van der Waals surface area contributed by atoms with Crippen LogP contribution in [0.15, 0.2) is 0 Å². The highest BCUT2D eigenvalue weighted by molar-refractivity contribution is 4.90. The van der Waals surface area contributed by atoms with Crippen molar-refractivity contribution in [2.75, 3.05) is 6.61 Å². The zero-order valence-electron chi connectivity index (χ0n) is 8.79. The van der Waals surface area contributed by atoms with E-state index in [0.717, 1.165) is 32.1 Å². The van der Waals surface area contributed by atoms with Gasteiger partial charge in [0.25, 0.3) is 0 Å². The molecule has 1 aliphatic rings. The van der Waals surface area contributed by atoms with Gasteiger partial charge >= 0.3 is 0 Å². The van der Waals surface area contributed by atoms with E-state index in [1.807, 2.05) is 0 Å². The summed E-state index contributed by atoms with van der Waals surface area (Å²) >= 11 is 0. The standard InChI is InChI=1S/C11H22O2/c1-9(2)7-10(13)11(8-12)5-3-4-6-11/h9-10,12-13H,3-8H2,1-2H3/t10-/m1/s1. The van der Waals surface area contributed by atoms with Gasteiger partial charge in [0.15, 0.2) is 0 Å². The summed E-state index contributed by atoms with van der Waals surface area (Å²) in [5.41, 5.74) is -0.162. The summed E-state index contributed by atoms with van der Waals surface area (Å²) in [6.07, 6.45) is 4.83. The molecule has 1 atom stereocenters. The molecule has 2 nitrogen and oxygen atoms in total. The fourth-order valence-electron chi connectivity index (χ4n) is 2.37. The molecule has 1 rings (SSSR count). The van der Waals surface area contributed by atoms with Crippen LogP contribution >= 0.6 is 0 Å². The SMILES string of the molecule is CC(C)C[C@@H](O)C1(CO)CCCC1. The van der Waals surface area contributed by atoms with Gasteiger partial charge in [0.2, 0.25) is 0 Å². The van der Waals surface area contributed by atoms with Gasteiger partial charge in [-0.25, -0.2) is 0 Å².